The van der Waals surface area contributed by atoms with Crippen LogP contribution in [0, 0.1) is 6.92 Å². The smallest absolute Gasteiger partial charge is 0.138 e. The van der Waals surface area contributed by atoms with E-state index in [-0.39, 0.29) is 0 Å². The van der Waals surface area contributed by atoms with Gasteiger partial charge in [0.05, 0.1) is 11.6 Å². The van der Waals surface area contributed by atoms with E-state index in [1.165, 1.54) is 10.5 Å². The molecule has 5 heteroatoms. The maximum atomic E-state index is 6.04. The van der Waals surface area contributed by atoms with Gasteiger partial charge < -0.3 is 10.5 Å². The van der Waals surface area contributed by atoms with Crippen LogP contribution in [0.15, 0.2) is 41.3 Å². The first-order valence-corrected chi connectivity index (χ1v) is 7.87. The van der Waals surface area contributed by atoms with Gasteiger partial charge in [-0.05, 0) is 42.8 Å². The average Bonchev–Trinajstić information content (AvgIpc) is 2.40. The molecule has 2 aromatic rings. The molecule has 0 heterocycles. The first kappa shape index (κ1) is 15.4. The molecule has 2 N–H and O–H groups in total. The van der Waals surface area contributed by atoms with E-state index in [2.05, 4.69) is 6.92 Å². The molecule has 0 spiro atoms. The Morgan fingerprint density at radius 2 is 1.95 bits per heavy atom. The van der Waals surface area contributed by atoms with Crippen molar-refractivity contribution in [2.75, 3.05) is 18.1 Å². The summed E-state index contributed by atoms with van der Waals surface area (Å²) < 4.78 is 5.64. The van der Waals surface area contributed by atoms with Gasteiger partial charge in [-0.15, -0.1) is 11.8 Å². The standard InChI is InChI=1S/C15H15Cl2NOS/c1-10-2-4-12(18)9-15(10)20-7-6-19-14-5-3-11(16)8-13(14)17/h2-5,8-9H,6-7,18H2,1H3. The molecule has 0 bridgehead atoms. The van der Waals surface area contributed by atoms with Crippen molar-refractivity contribution in [3.05, 3.63) is 52.0 Å². The fourth-order valence-corrected chi connectivity index (χ4v) is 3.03. The SMILES string of the molecule is Cc1ccc(N)cc1SCCOc1ccc(Cl)cc1Cl. The molecule has 0 amide bonds. The van der Waals surface area contributed by atoms with Crippen LogP contribution < -0.4 is 10.5 Å². The molecule has 0 saturated heterocycles. The second kappa shape index (κ2) is 7.11. The number of aryl methyl sites for hydroxylation is 1. The van der Waals surface area contributed by atoms with E-state index in [1.54, 1.807) is 30.0 Å². The molecular weight excluding hydrogens is 313 g/mol. The Morgan fingerprint density at radius 1 is 1.15 bits per heavy atom. The van der Waals surface area contributed by atoms with E-state index in [9.17, 15) is 0 Å². The number of ether oxygens (including phenoxy) is 1. The Balaban J connectivity index is 1.86. The highest BCUT2D eigenvalue weighted by molar-refractivity contribution is 7.99. The summed E-state index contributed by atoms with van der Waals surface area (Å²) in [6.07, 6.45) is 0. The molecule has 2 rings (SSSR count). The van der Waals surface area contributed by atoms with Crippen LogP contribution in [0.25, 0.3) is 0 Å². The van der Waals surface area contributed by atoms with Crippen LogP contribution in [0.5, 0.6) is 5.75 Å². The Hall–Kier alpha value is -1.03. The number of hydrogen-bond donors (Lipinski definition) is 1. The van der Waals surface area contributed by atoms with Crippen molar-refractivity contribution < 1.29 is 4.74 Å². The lowest BCUT2D eigenvalue weighted by Gasteiger charge is -2.09. The van der Waals surface area contributed by atoms with E-state index in [4.69, 9.17) is 33.7 Å². The van der Waals surface area contributed by atoms with Crippen LogP contribution >= 0.6 is 35.0 Å². The Morgan fingerprint density at radius 3 is 2.70 bits per heavy atom. The summed E-state index contributed by atoms with van der Waals surface area (Å²) in [7, 11) is 0. The molecule has 20 heavy (non-hydrogen) atoms. The van der Waals surface area contributed by atoms with Crippen molar-refractivity contribution >= 4 is 40.7 Å². The van der Waals surface area contributed by atoms with Gasteiger partial charge in [-0.3, -0.25) is 0 Å². The molecule has 2 aromatic carbocycles. The van der Waals surface area contributed by atoms with E-state index < -0.39 is 0 Å². The second-order valence-corrected chi connectivity index (χ2v) is 6.28. The lowest BCUT2D eigenvalue weighted by molar-refractivity contribution is 0.344. The number of rotatable bonds is 5. The van der Waals surface area contributed by atoms with E-state index in [1.807, 2.05) is 18.2 Å². The fourth-order valence-electron chi connectivity index (χ4n) is 1.67. The zero-order chi connectivity index (χ0) is 14.5. The molecule has 0 fully saturated rings. The minimum atomic E-state index is 0.530. The lowest BCUT2D eigenvalue weighted by Crippen LogP contribution is -2.01. The summed E-state index contributed by atoms with van der Waals surface area (Å²) in [6.45, 7) is 2.64. The number of benzene rings is 2. The summed E-state index contributed by atoms with van der Waals surface area (Å²) in [6, 6.07) is 11.1. The zero-order valence-corrected chi connectivity index (χ0v) is 13.4. The molecule has 0 aliphatic heterocycles. The number of hydrogen-bond acceptors (Lipinski definition) is 3. The minimum absolute atomic E-state index is 0.530. The molecule has 2 nitrogen and oxygen atoms in total. The molecule has 106 valence electrons. The van der Waals surface area contributed by atoms with Gasteiger partial charge in [0.25, 0.3) is 0 Å². The molecule has 0 unspecified atom stereocenters. The van der Waals surface area contributed by atoms with Crippen LogP contribution in [0.4, 0.5) is 5.69 Å². The topological polar surface area (TPSA) is 35.2 Å². The number of nitrogen functional groups attached to an aromatic ring is 1. The predicted molar refractivity (Wildman–Crippen MR) is 88.3 cm³/mol. The first-order chi connectivity index (χ1) is 9.56. The van der Waals surface area contributed by atoms with Crippen LogP contribution in [-0.2, 0) is 0 Å². The van der Waals surface area contributed by atoms with Crippen LogP contribution in [0.3, 0.4) is 0 Å². The van der Waals surface area contributed by atoms with Crippen molar-refractivity contribution in [2.45, 2.75) is 11.8 Å². The third kappa shape index (κ3) is 4.23. The van der Waals surface area contributed by atoms with Gasteiger partial charge >= 0.3 is 0 Å². The lowest BCUT2D eigenvalue weighted by atomic mass is 10.2. The second-order valence-electron chi connectivity index (χ2n) is 4.30. The van der Waals surface area contributed by atoms with Crippen molar-refractivity contribution in [3.63, 3.8) is 0 Å². The van der Waals surface area contributed by atoms with Crippen LogP contribution in [0.1, 0.15) is 5.56 Å². The fraction of sp³-hybridized carbons (Fsp3) is 0.200. The molecule has 0 aliphatic rings. The van der Waals surface area contributed by atoms with Gasteiger partial charge in [0.1, 0.15) is 5.75 Å². The van der Waals surface area contributed by atoms with Crippen molar-refractivity contribution in [3.8, 4) is 5.75 Å². The van der Waals surface area contributed by atoms with E-state index >= 15 is 0 Å². The Kier molecular flexibility index (Phi) is 5.46. The highest BCUT2D eigenvalue weighted by Gasteiger charge is 2.03. The molecule has 0 atom stereocenters. The summed E-state index contributed by atoms with van der Waals surface area (Å²) in [5.41, 5.74) is 7.78. The van der Waals surface area contributed by atoms with E-state index in [0.717, 1.165) is 11.4 Å². The van der Waals surface area contributed by atoms with Gasteiger partial charge in [0, 0.05) is 21.4 Å². The predicted octanol–water partition coefficient (Wildman–Crippen LogP) is 5.06. The summed E-state index contributed by atoms with van der Waals surface area (Å²) >= 11 is 13.6. The number of thioether (sulfide) groups is 1. The maximum absolute atomic E-state index is 6.04. The number of nitrogens with two attached hydrogens (primary N) is 1. The van der Waals surface area contributed by atoms with Crippen LogP contribution in [-0.4, -0.2) is 12.4 Å². The summed E-state index contributed by atoms with van der Waals surface area (Å²) in [5, 5.41) is 1.13. The molecule has 0 saturated carbocycles. The maximum Gasteiger partial charge on any atom is 0.138 e. The minimum Gasteiger partial charge on any atom is -0.491 e. The van der Waals surface area contributed by atoms with Crippen molar-refractivity contribution in [1.82, 2.24) is 0 Å². The van der Waals surface area contributed by atoms with Crippen LogP contribution in [0.2, 0.25) is 10.0 Å². The van der Waals surface area contributed by atoms with Gasteiger partial charge in [0.2, 0.25) is 0 Å². The van der Waals surface area contributed by atoms with Gasteiger partial charge in [-0.2, -0.15) is 0 Å². The third-order valence-electron chi connectivity index (χ3n) is 2.70. The van der Waals surface area contributed by atoms with Gasteiger partial charge in [0.15, 0.2) is 0 Å². The zero-order valence-electron chi connectivity index (χ0n) is 11.0. The molecule has 0 aliphatic carbocycles. The van der Waals surface area contributed by atoms with Crippen molar-refractivity contribution in [2.24, 2.45) is 0 Å². The third-order valence-corrected chi connectivity index (χ3v) is 4.36. The molecular formula is C15H15Cl2NOS. The quantitative estimate of drug-likeness (QED) is 0.474. The van der Waals surface area contributed by atoms with E-state index in [0.29, 0.717) is 22.4 Å². The Labute approximate surface area is 133 Å². The van der Waals surface area contributed by atoms with Gasteiger partial charge in [-0.25, -0.2) is 0 Å². The normalized spacial score (nSPS) is 10.6. The number of anilines is 1. The van der Waals surface area contributed by atoms with Crippen molar-refractivity contribution in [1.29, 1.82) is 0 Å². The summed E-state index contributed by atoms with van der Waals surface area (Å²) in [5.74, 6) is 1.48. The average molecular weight is 328 g/mol. The Bertz CT molecular complexity index is 604. The summed E-state index contributed by atoms with van der Waals surface area (Å²) in [4.78, 5) is 1.18. The highest BCUT2D eigenvalue weighted by Crippen LogP contribution is 2.28. The first-order valence-electron chi connectivity index (χ1n) is 6.13. The van der Waals surface area contributed by atoms with Gasteiger partial charge in [-0.1, -0.05) is 29.3 Å². The highest BCUT2D eigenvalue weighted by atomic mass is 35.5. The molecule has 0 aromatic heterocycles. The molecule has 0 radical (unpaired) electrons. The largest absolute Gasteiger partial charge is 0.491 e. The monoisotopic (exact) mass is 327 g/mol. The number of halogens is 2.